The van der Waals surface area contributed by atoms with Crippen LogP contribution >= 0.6 is 0 Å². The summed E-state index contributed by atoms with van der Waals surface area (Å²) < 4.78 is 0. The van der Waals surface area contributed by atoms with Gasteiger partial charge in [-0.15, -0.1) is 0 Å². The SMILES string of the molecule is CCc1ccc(CNCC2C=CC=C2)cc1. The van der Waals surface area contributed by atoms with Crippen molar-refractivity contribution in [1.29, 1.82) is 0 Å². The minimum atomic E-state index is 0.579. The maximum absolute atomic E-state index is 3.48. The molecule has 0 saturated carbocycles. The third-order valence-corrected chi connectivity index (χ3v) is 2.97. The van der Waals surface area contributed by atoms with E-state index in [9.17, 15) is 0 Å². The lowest BCUT2D eigenvalue weighted by Gasteiger charge is -2.08. The number of rotatable bonds is 5. The molecule has 0 radical (unpaired) electrons. The van der Waals surface area contributed by atoms with E-state index in [0.29, 0.717) is 5.92 Å². The summed E-state index contributed by atoms with van der Waals surface area (Å²) in [5, 5.41) is 3.48. The molecule has 0 unspecified atom stereocenters. The zero-order chi connectivity index (χ0) is 11.2. The first-order chi connectivity index (χ1) is 7.88. The second-order valence-corrected chi connectivity index (χ2v) is 4.23. The molecule has 0 saturated heterocycles. The normalized spacial score (nSPS) is 14.8. The Labute approximate surface area is 97.9 Å². The Kier molecular flexibility index (Phi) is 3.95. The summed E-state index contributed by atoms with van der Waals surface area (Å²) in [4.78, 5) is 0. The van der Waals surface area contributed by atoms with Gasteiger partial charge >= 0.3 is 0 Å². The topological polar surface area (TPSA) is 12.0 Å². The van der Waals surface area contributed by atoms with Crippen LogP contribution in [0.1, 0.15) is 18.1 Å². The van der Waals surface area contributed by atoms with E-state index in [1.54, 1.807) is 0 Å². The van der Waals surface area contributed by atoms with E-state index in [-0.39, 0.29) is 0 Å². The van der Waals surface area contributed by atoms with Crippen LogP contribution < -0.4 is 5.32 Å². The van der Waals surface area contributed by atoms with Crippen molar-refractivity contribution in [3.05, 3.63) is 59.7 Å². The smallest absolute Gasteiger partial charge is 0.0205 e. The first kappa shape index (κ1) is 11.2. The maximum atomic E-state index is 3.48. The van der Waals surface area contributed by atoms with Gasteiger partial charge in [0.2, 0.25) is 0 Å². The largest absolute Gasteiger partial charge is 0.312 e. The lowest BCUT2D eigenvalue weighted by molar-refractivity contribution is 0.633. The molecule has 16 heavy (non-hydrogen) atoms. The van der Waals surface area contributed by atoms with E-state index in [1.165, 1.54) is 11.1 Å². The highest BCUT2D eigenvalue weighted by Crippen LogP contribution is 2.08. The molecule has 0 amide bonds. The monoisotopic (exact) mass is 213 g/mol. The van der Waals surface area contributed by atoms with Gasteiger partial charge in [0.1, 0.15) is 0 Å². The summed E-state index contributed by atoms with van der Waals surface area (Å²) in [6, 6.07) is 8.86. The summed E-state index contributed by atoms with van der Waals surface area (Å²) in [7, 11) is 0. The molecule has 1 aromatic rings. The van der Waals surface area contributed by atoms with Crippen LogP contribution in [0.2, 0.25) is 0 Å². The number of allylic oxidation sites excluding steroid dienone is 2. The molecule has 2 rings (SSSR count). The van der Waals surface area contributed by atoms with Crippen LogP contribution in [0.15, 0.2) is 48.6 Å². The van der Waals surface area contributed by atoms with Crippen LogP contribution in [0.4, 0.5) is 0 Å². The highest BCUT2D eigenvalue weighted by Gasteiger charge is 2.02. The molecular weight excluding hydrogens is 194 g/mol. The third kappa shape index (κ3) is 3.07. The van der Waals surface area contributed by atoms with Crippen LogP contribution in [0, 0.1) is 5.92 Å². The molecule has 0 fully saturated rings. The predicted octanol–water partition coefficient (Wildman–Crippen LogP) is 3.08. The maximum Gasteiger partial charge on any atom is 0.0205 e. The van der Waals surface area contributed by atoms with E-state index in [4.69, 9.17) is 0 Å². The molecule has 0 bridgehead atoms. The lowest BCUT2D eigenvalue weighted by Crippen LogP contribution is -2.19. The molecule has 1 aliphatic rings. The highest BCUT2D eigenvalue weighted by molar-refractivity contribution is 5.22. The Morgan fingerprint density at radius 3 is 2.25 bits per heavy atom. The molecule has 1 aromatic carbocycles. The number of benzene rings is 1. The van der Waals surface area contributed by atoms with E-state index in [2.05, 4.69) is 60.8 Å². The third-order valence-electron chi connectivity index (χ3n) is 2.97. The average Bonchev–Trinajstić information content (AvgIpc) is 2.83. The van der Waals surface area contributed by atoms with Gasteiger partial charge in [0, 0.05) is 19.0 Å². The van der Waals surface area contributed by atoms with E-state index < -0.39 is 0 Å². The van der Waals surface area contributed by atoms with Gasteiger partial charge < -0.3 is 5.32 Å². The molecule has 1 N–H and O–H groups in total. The number of aryl methyl sites for hydroxylation is 1. The fourth-order valence-electron chi connectivity index (χ4n) is 1.89. The molecule has 1 nitrogen and oxygen atoms in total. The van der Waals surface area contributed by atoms with Crippen molar-refractivity contribution in [2.24, 2.45) is 5.92 Å². The minimum absolute atomic E-state index is 0.579. The second-order valence-electron chi connectivity index (χ2n) is 4.23. The van der Waals surface area contributed by atoms with Crippen LogP contribution in [-0.2, 0) is 13.0 Å². The summed E-state index contributed by atoms with van der Waals surface area (Å²) in [5.41, 5.74) is 2.77. The zero-order valence-corrected chi connectivity index (χ0v) is 9.82. The van der Waals surface area contributed by atoms with Gasteiger partial charge in [-0.1, -0.05) is 55.5 Å². The molecule has 0 aliphatic heterocycles. The Morgan fingerprint density at radius 1 is 1.00 bits per heavy atom. The fraction of sp³-hybridized carbons (Fsp3) is 0.333. The Balaban J connectivity index is 1.76. The van der Waals surface area contributed by atoms with Crippen LogP contribution in [0.5, 0.6) is 0 Å². The standard InChI is InChI=1S/C15H19N/c1-2-13-7-9-15(10-8-13)12-16-11-14-5-3-4-6-14/h3-10,14,16H,2,11-12H2,1H3. The van der Waals surface area contributed by atoms with Gasteiger partial charge in [-0.05, 0) is 17.5 Å². The van der Waals surface area contributed by atoms with Crippen molar-refractivity contribution in [3.8, 4) is 0 Å². The van der Waals surface area contributed by atoms with Crippen molar-refractivity contribution >= 4 is 0 Å². The molecule has 1 heteroatoms. The first-order valence-corrected chi connectivity index (χ1v) is 6.02. The Bertz CT molecular complexity index is 361. The average molecular weight is 213 g/mol. The number of nitrogens with one attached hydrogen (secondary N) is 1. The van der Waals surface area contributed by atoms with Gasteiger partial charge in [0.25, 0.3) is 0 Å². The van der Waals surface area contributed by atoms with Gasteiger partial charge in [0.05, 0.1) is 0 Å². The summed E-state index contributed by atoms with van der Waals surface area (Å²) in [5.74, 6) is 0.579. The number of hydrogen-bond donors (Lipinski definition) is 1. The van der Waals surface area contributed by atoms with Gasteiger partial charge in [0.15, 0.2) is 0 Å². The molecular formula is C15H19N. The fourth-order valence-corrected chi connectivity index (χ4v) is 1.89. The van der Waals surface area contributed by atoms with Crippen LogP contribution in [0.25, 0.3) is 0 Å². The van der Waals surface area contributed by atoms with Gasteiger partial charge in [-0.25, -0.2) is 0 Å². The second kappa shape index (κ2) is 5.66. The van der Waals surface area contributed by atoms with Crippen molar-refractivity contribution in [3.63, 3.8) is 0 Å². The molecule has 0 aromatic heterocycles. The predicted molar refractivity (Wildman–Crippen MR) is 69.3 cm³/mol. The van der Waals surface area contributed by atoms with Crippen molar-refractivity contribution in [2.75, 3.05) is 6.54 Å². The van der Waals surface area contributed by atoms with Gasteiger partial charge in [-0.2, -0.15) is 0 Å². The van der Waals surface area contributed by atoms with E-state index >= 15 is 0 Å². The van der Waals surface area contributed by atoms with Crippen LogP contribution in [-0.4, -0.2) is 6.54 Å². The first-order valence-electron chi connectivity index (χ1n) is 6.02. The lowest BCUT2D eigenvalue weighted by atomic mass is 10.1. The van der Waals surface area contributed by atoms with E-state index in [1.807, 2.05) is 0 Å². The van der Waals surface area contributed by atoms with Gasteiger partial charge in [-0.3, -0.25) is 0 Å². The summed E-state index contributed by atoms with van der Waals surface area (Å²) >= 11 is 0. The molecule has 0 heterocycles. The van der Waals surface area contributed by atoms with Crippen LogP contribution in [0.3, 0.4) is 0 Å². The van der Waals surface area contributed by atoms with Crippen molar-refractivity contribution < 1.29 is 0 Å². The molecule has 1 aliphatic carbocycles. The Hall–Kier alpha value is -1.34. The van der Waals surface area contributed by atoms with Crippen molar-refractivity contribution in [1.82, 2.24) is 5.32 Å². The van der Waals surface area contributed by atoms with E-state index in [0.717, 1.165) is 19.5 Å². The molecule has 84 valence electrons. The zero-order valence-electron chi connectivity index (χ0n) is 9.82. The minimum Gasteiger partial charge on any atom is -0.312 e. The molecule has 0 atom stereocenters. The quantitative estimate of drug-likeness (QED) is 0.792. The Morgan fingerprint density at radius 2 is 1.62 bits per heavy atom. The number of hydrogen-bond acceptors (Lipinski definition) is 1. The molecule has 0 spiro atoms. The summed E-state index contributed by atoms with van der Waals surface area (Å²) in [6.07, 6.45) is 9.80. The highest BCUT2D eigenvalue weighted by atomic mass is 14.9. The summed E-state index contributed by atoms with van der Waals surface area (Å²) in [6.45, 7) is 4.18. The van der Waals surface area contributed by atoms with Crippen molar-refractivity contribution in [2.45, 2.75) is 19.9 Å².